The highest BCUT2D eigenvalue weighted by Crippen LogP contribution is 2.26. The van der Waals surface area contributed by atoms with Gasteiger partial charge in [-0.3, -0.25) is 0 Å². The lowest BCUT2D eigenvalue weighted by molar-refractivity contribution is 0.349. The summed E-state index contributed by atoms with van der Waals surface area (Å²) in [5, 5.41) is 8.28. The van der Waals surface area contributed by atoms with Crippen LogP contribution in [0.15, 0.2) is 71.8 Å². The van der Waals surface area contributed by atoms with E-state index in [0.717, 1.165) is 61.3 Å². The number of likely N-dealkylation sites (N-methyl/N-ethyl adjacent to an activating group) is 1. The minimum Gasteiger partial charge on any atom is -0.345 e. The van der Waals surface area contributed by atoms with Crippen molar-refractivity contribution in [2.75, 3.05) is 38.5 Å². The number of hydrogen-bond donors (Lipinski definition) is 3. The molecule has 0 bridgehead atoms. The van der Waals surface area contributed by atoms with Crippen molar-refractivity contribution in [2.24, 2.45) is 0 Å². The highest BCUT2D eigenvalue weighted by molar-refractivity contribution is 6.32. The summed E-state index contributed by atoms with van der Waals surface area (Å²) >= 11 is 6.60. The minimum absolute atomic E-state index is 0.455. The number of H-pyrrole nitrogens is 1. The van der Waals surface area contributed by atoms with Crippen LogP contribution in [0.2, 0.25) is 0 Å². The predicted molar refractivity (Wildman–Crippen MR) is 143 cm³/mol. The first kappa shape index (κ1) is 25.6. The fourth-order valence-corrected chi connectivity index (χ4v) is 3.79. The van der Waals surface area contributed by atoms with E-state index in [9.17, 15) is 0 Å². The van der Waals surface area contributed by atoms with Gasteiger partial charge in [0.1, 0.15) is 5.65 Å². The lowest BCUT2D eigenvalue weighted by Gasteiger charge is -2.14. The van der Waals surface area contributed by atoms with Crippen LogP contribution < -0.4 is 10.6 Å². The zero-order chi connectivity index (χ0) is 24.3. The maximum Gasteiger partial charge on any atom is 0.227 e. The Kier molecular flexibility index (Phi) is 9.82. The van der Waals surface area contributed by atoms with E-state index >= 15 is 0 Å². The standard InChI is InChI=1S/C26H34ClN7/c1-5-23(22(27)17-19(3)9-7-12-28-15-16-34(4)6-2)32-26-30-14-11-24(33-26)21-18-31-25-20(21)10-8-13-29-25/h5,8,10-11,13-14,17-18,28H,1,6-7,9,12,15-16H2,2-4H3,(H,29,31)(H,30,32,33)/b19-17+,23-22-. The molecule has 3 N–H and O–H groups in total. The average molecular weight is 480 g/mol. The van der Waals surface area contributed by atoms with E-state index in [-0.39, 0.29) is 0 Å². The smallest absolute Gasteiger partial charge is 0.227 e. The third kappa shape index (κ3) is 7.25. The van der Waals surface area contributed by atoms with Crippen molar-refractivity contribution < 1.29 is 0 Å². The van der Waals surface area contributed by atoms with E-state index in [1.807, 2.05) is 30.5 Å². The number of nitrogens with zero attached hydrogens (tertiary/aromatic N) is 4. The van der Waals surface area contributed by atoms with Crippen LogP contribution >= 0.6 is 11.6 Å². The molecule has 0 atom stereocenters. The molecule has 3 aromatic heterocycles. The Morgan fingerprint density at radius 2 is 2.09 bits per heavy atom. The molecule has 0 saturated carbocycles. The summed E-state index contributed by atoms with van der Waals surface area (Å²) in [5.41, 5.74) is 4.46. The summed E-state index contributed by atoms with van der Waals surface area (Å²) in [6.07, 6.45) is 11.1. The predicted octanol–water partition coefficient (Wildman–Crippen LogP) is 5.34. The molecule has 0 fully saturated rings. The van der Waals surface area contributed by atoms with Gasteiger partial charge >= 0.3 is 0 Å². The van der Waals surface area contributed by atoms with Gasteiger partial charge < -0.3 is 20.5 Å². The highest BCUT2D eigenvalue weighted by atomic mass is 35.5. The topological polar surface area (TPSA) is 81.8 Å². The zero-order valence-corrected chi connectivity index (χ0v) is 21.0. The van der Waals surface area contributed by atoms with Crippen LogP contribution in [0.1, 0.15) is 26.7 Å². The van der Waals surface area contributed by atoms with Crippen molar-refractivity contribution in [3.05, 3.63) is 71.8 Å². The fraction of sp³-hybridized carbons (Fsp3) is 0.346. The molecule has 0 radical (unpaired) electrons. The number of hydrogen-bond acceptors (Lipinski definition) is 6. The number of allylic oxidation sites excluding steroid dienone is 4. The van der Waals surface area contributed by atoms with Gasteiger partial charge in [0.2, 0.25) is 5.95 Å². The van der Waals surface area contributed by atoms with Gasteiger partial charge in [-0.1, -0.05) is 30.7 Å². The molecule has 7 nitrogen and oxygen atoms in total. The molecule has 0 spiro atoms. The molecule has 34 heavy (non-hydrogen) atoms. The van der Waals surface area contributed by atoms with Crippen molar-refractivity contribution in [3.63, 3.8) is 0 Å². The summed E-state index contributed by atoms with van der Waals surface area (Å²) in [6.45, 7) is 12.3. The van der Waals surface area contributed by atoms with Crippen LogP contribution in [0.3, 0.4) is 0 Å². The number of aromatic nitrogens is 4. The molecule has 0 unspecified atom stereocenters. The minimum atomic E-state index is 0.455. The second-order valence-corrected chi connectivity index (χ2v) is 8.61. The van der Waals surface area contributed by atoms with Crippen molar-refractivity contribution >= 4 is 28.6 Å². The highest BCUT2D eigenvalue weighted by Gasteiger charge is 2.10. The molecule has 0 aliphatic heterocycles. The molecule has 3 rings (SSSR count). The molecule has 0 saturated heterocycles. The van der Waals surface area contributed by atoms with E-state index in [2.05, 4.69) is 62.9 Å². The summed E-state index contributed by atoms with van der Waals surface area (Å²) in [5.74, 6) is 0.455. The quantitative estimate of drug-likeness (QED) is 0.227. The second kappa shape index (κ2) is 13.0. The summed E-state index contributed by atoms with van der Waals surface area (Å²) in [4.78, 5) is 18.8. The monoisotopic (exact) mass is 479 g/mol. The summed E-state index contributed by atoms with van der Waals surface area (Å²) < 4.78 is 0. The van der Waals surface area contributed by atoms with E-state index in [1.54, 1.807) is 18.5 Å². The fourth-order valence-electron chi connectivity index (χ4n) is 3.48. The first-order valence-corrected chi connectivity index (χ1v) is 12.0. The Morgan fingerprint density at radius 3 is 2.88 bits per heavy atom. The number of nitrogens with one attached hydrogen (secondary N) is 3. The van der Waals surface area contributed by atoms with Crippen LogP contribution in [-0.4, -0.2) is 58.1 Å². The lowest BCUT2D eigenvalue weighted by Crippen LogP contribution is -2.29. The van der Waals surface area contributed by atoms with E-state index in [1.165, 1.54) is 5.57 Å². The Hall–Kier alpha value is -3.00. The largest absolute Gasteiger partial charge is 0.345 e. The van der Waals surface area contributed by atoms with E-state index in [4.69, 9.17) is 11.6 Å². The van der Waals surface area contributed by atoms with Gasteiger partial charge in [0.25, 0.3) is 0 Å². The van der Waals surface area contributed by atoms with Crippen molar-refractivity contribution in [1.82, 2.24) is 30.2 Å². The van der Waals surface area contributed by atoms with Crippen LogP contribution in [0.5, 0.6) is 0 Å². The normalized spacial score (nSPS) is 12.8. The van der Waals surface area contributed by atoms with Gasteiger partial charge in [-0.2, -0.15) is 0 Å². The van der Waals surface area contributed by atoms with E-state index < -0.39 is 0 Å². The Balaban J connectivity index is 1.61. The maximum atomic E-state index is 6.60. The Morgan fingerprint density at radius 1 is 1.24 bits per heavy atom. The molecular weight excluding hydrogens is 446 g/mol. The number of rotatable bonds is 13. The van der Waals surface area contributed by atoms with Gasteiger partial charge in [0, 0.05) is 42.6 Å². The maximum absolute atomic E-state index is 6.60. The molecule has 0 aromatic carbocycles. The number of anilines is 1. The number of halogens is 1. The second-order valence-electron chi connectivity index (χ2n) is 8.20. The number of aromatic amines is 1. The third-order valence-electron chi connectivity index (χ3n) is 5.60. The van der Waals surface area contributed by atoms with Crippen LogP contribution in [0.25, 0.3) is 22.3 Å². The molecule has 3 heterocycles. The average Bonchev–Trinajstić information content (AvgIpc) is 3.28. The lowest BCUT2D eigenvalue weighted by atomic mass is 10.1. The van der Waals surface area contributed by atoms with Gasteiger partial charge in [0.15, 0.2) is 0 Å². The molecule has 8 heteroatoms. The Bertz CT molecular complexity index is 1150. The summed E-state index contributed by atoms with van der Waals surface area (Å²) in [7, 11) is 2.13. The molecule has 3 aromatic rings. The van der Waals surface area contributed by atoms with Gasteiger partial charge in [-0.25, -0.2) is 15.0 Å². The van der Waals surface area contributed by atoms with Gasteiger partial charge in [-0.15, -0.1) is 0 Å². The van der Waals surface area contributed by atoms with Crippen LogP contribution in [-0.2, 0) is 0 Å². The SMILES string of the molecule is C=C/C(Nc1nccc(-c2c[nH]c3ncccc23)n1)=C(Cl)\C=C(/C)CCCNCCN(C)CC. The van der Waals surface area contributed by atoms with Crippen molar-refractivity contribution in [2.45, 2.75) is 26.7 Å². The summed E-state index contributed by atoms with van der Waals surface area (Å²) in [6, 6.07) is 5.80. The van der Waals surface area contributed by atoms with Crippen LogP contribution in [0.4, 0.5) is 5.95 Å². The molecule has 0 aliphatic rings. The van der Waals surface area contributed by atoms with Gasteiger partial charge in [0.05, 0.1) is 16.4 Å². The molecular formula is C26H34ClN7. The third-order valence-corrected chi connectivity index (χ3v) is 5.91. The van der Waals surface area contributed by atoms with Crippen molar-refractivity contribution in [1.29, 1.82) is 0 Å². The molecule has 180 valence electrons. The van der Waals surface area contributed by atoms with Crippen molar-refractivity contribution in [3.8, 4) is 11.3 Å². The first-order chi connectivity index (χ1) is 16.5. The zero-order valence-electron chi connectivity index (χ0n) is 20.2. The molecule has 0 aliphatic carbocycles. The van der Waals surface area contributed by atoms with Crippen LogP contribution in [0, 0.1) is 0 Å². The Labute approximate surface area is 207 Å². The van der Waals surface area contributed by atoms with Gasteiger partial charge in [-0.05, 0) is 70.3 Å². The number of fused-ring (bicyclic) bond motifs is 1. The first-order valence-electron chi connectivity index (χ1n) is 11.6. The van der Waals surface area contributed by atoms with E-state index in [0.29, 0.717) is 16.7 Å². The number of pyridine rings is 1. The molecule has 0 amide bonds.